The highest BCUT2D eigenvalue weighted by Gasteiger charge is 2.10. The Morgan fingerprint density at radius 2 is 2.44 bits per heavy atom. The zero-order chi connectivity index (χ0) is 11.5. The number of pyridine rings is 1. The van der Waals surface area contributed by atoms with E-state index in [0.717, 1.165) is 11.5 Å². The van der Waals surface area contributed by atoms with E-state index in [1.54, 1.807) is 12.4 Å². The lowest BCUT2D eigenvalue weighted by Gasteiger charge is -2.11. The fourth-order valence-corrected chi connectivity index (χ4v) is 1.39. The van der Waals surface area contributed by atoms with Gasteiger partial charge in [0.2, 0.25) is 5.91 Å². The van der Waals surface area contributed by atoms with Crippen molar-refractivity contribution in [2.24, 2.45) is 5.73 Å². The van der Waals surface area contributed by atoms with Crippen LogP contribution in [0.4, 0.5) is 5.82 Å². The Balaban J connectivity index is 2.15. The van der Waals surface area contributed by atoms with Gasteiger partial charge in [0, 0.05) is 12.4 Å². The van der Waals surface area contributed by atoms with Gasteiger partial charge in [0.15, 0.2) is 0 Å². The molecule has 0 aliphatic carbocycles. The number of carbonyl (C=O) groups is 1. The molecule has 1 atom stereocenters. The first-order chi connectivity index (χ1) is 7.68. The normalized spacial score (nSPS) is 12.6. The van der Waals surface area contributed by atoms with Crippen molar-refractivity contribution in [1.29, 1.82) is 0 Å². The maximum atomic E-state index is 10.6. The summed E-state index contributed by atoms with van der Waals surface area (Å²) in [5.74, 6) is 0.000561. The van der Waals surface area contributed by atoms with E-state index in [-0.39, 0.29) is 6.54 Å². The molecule has 0 saturated heterocycles. The van der Waals surface area contributed by atoms with E-state index in [9.17, 15) is 9.90 Å². The highest BCUT2D eigenvalue weighted by Crippen LogP contribution is 2.10. The molecular formula is C10H12N4O2. The number of aliphatic hydroxyl groups excluding tert-OH is 1. The summed E-state index contributed by atoms with van der Waals surface area (Å²) in [7, 11) is 0. The van der Waals surface area contributed by atoms with Gasteiger partial charge in [0.25, 0.3) is 0 Å². The van der Waals surface area contributed by atoms with Gasteiger partial charge in [-0.15, -0.1) is 0 Å². The van der Waals surface area contributed by atoms with E-state index in [4.69, 9.17) is 5.73 Å². The molecule has 4 N–H and O–H groups in total. The molecule has 16 heavy (non-hydrogen) atoms. The maximum Gasteiger partial charge on any atom is 0.248 e. The molecule has 6 nitrogen and oxygen atoms in total. The van der Waals surface area contributed by atoms with Crippen LogP contribution in [-0.2, 0) is 4.79 Å². The minimum absolute atomic E-state index is 0.0760. The van der Waals surface area contributed by atoms with E-state index >= 15 is 0 Å². The van der Waals surface area contributed by atoms with Crippen molar-refractivity contribution < 1.29 is 9.90 Å². The standard InChI is InChI=1S/C10H12N4O2/c11-10(16)7(15)6-13-9-3-1-2-8-12-4-5-14(8)9/h1-5,7,13,15H,6H2,(H2,11,16). The van der Waals surface area contributed by atoms with Gasteiger partial charge in [-0.1, -0.05) is 6.07 Å². The highest BCUT2D eigenvalue weighted by molar-refractivity contribution is 5.79. The summed E-state index contributed by atoms with van der Waals surface area (Å²) in [6.45, 7) is 0.0760. The van der Waals surface area contributed by atoms with Gasteiger partial charge in [0.05, 0.1) is 6.54 Å². The third-order valence-corrected chi connectivity index (χ3v) is 2.23. The van der Waals surface area contributed by atoms with Crippen LogP contribution in [0.2, 0.25) is 0 Å². The average Bonchev–Trinajstić information content (AvgIpc) is 2.73. The Bertz CT molecular complexity index is 508. The average molecular weight is 220 g/mol. The van der Waals surface area contributed by atoms with Crippen molar-refractivity contribution in [2.75, 3.05) is 11.9 Å². The third kappa shape index (κ3) is 1.96. The van der Waals surface area contributed by atoms with Gasteiger partial charge in [-0.3, -0.25) is 9.20 Å². The van der Waals surface area contributed by atoms with Gasteiger partial charge in [-0.05, 0) is 12.1 Å². The summed E-state index contributed by atoms with van der Waals surface area (Å²) in [5.41, 5.74) is 5.74. The second-order valence-electron chi connectivity index (χ2n) is 3.37. The summed E-state index contributed by atoms with van der Waals surface area (Å²) in [4.78, 5) is 14.8. The van der Waals surface area contributed by atoms with Crippen LogP contribution in [0.1, 0.15) is 0 Å². The van der Waals surface area contributed by atoms with Crippen LogP contribution in [0.3, 0.4) is 0 Å². The Morgan fingerprint density at radius 3 is 3.19 bits per heavy atom. The van der Waals surface area contributed by atoms with Crippen LogP contribution in [-0.4, -0.2) is 33.0 Å². The number of anilines is 1. The number of amides is 1. The topological polar surface area (TPSA) is 92.7 Å². The van der Waals surface area contributed by atoms with Gasteiger partial charge in [-0.25, -0.2) is 4.98 Å². The van der Waals surface area contributed by atoms with Crippen LogP contribution in [0.15, 0.2) is 30.6 Å². The number of nitrogens with one attached hydrogen (secondary N) is 1. The number of fused-ring (bicyclic) bond motifs is 1. The number of nitrogens with zero attached hydrogens (tertiary/aromatic N) is 2. The molecule has 0 saturated carbocycles. The Hall–Kier alpha value is -2.08. The molecule has 0 aliphatic rings. The van der Waals surface area contributed by atoms with Crippen LogP contribution < -0.4 is 11.1 Å². The molecule has 2 heterocycles. The number of primary amides is 1. The fourth-order valence-electron chi connectivity index (χ4n) is 1.39. The molecule has 0 spiro atoms. The summed E-state index contributed by atoms with van der Waals surface area (Å²) < 4.78 is 1.81. The van der Waals surface area contributed by atoms with Crippen molar-refractivity contribution in [3.05, 3.63) is 30.6 Å². The summed E-state index contributed by atoms with van der Waals surface area (Å²) in [6, 6.07) is 5.51. The van der Waals surface area contributed by atoms with Crippen molar-refractivity contribution in [2.45, 2.75) is 6.10 Å². The Morgan fingerprint density at radius 1 is 1.62 bits per heavy atom. The number of aromatic nitrogens is 2. The smallest absolute Gasteiger partial charge is 0.248 e. The van der Waals surface area contributed by atoms with Crippen LogP contribution >= 0.6 is 0 Å². The number of carbonyl (C=O) groups excluding carboxylic acids is 1. The highest BCUT2D eigenvalue weighted by atomic mass is 16.3. The van der Waals surface area contributed by atoms with Gasteiger partial charge >= 0.3 is 0 Å². The van der Waals surface area contributed by atoms with Crippen molar-refractivity contribution in [3.8, 4) is 0 Å². The second-order valence-corrected chi connectivity index (χ2v) is 3.37. The quantitative estimate of drug-likeness (QED) is 0.653. The van der Waals surface area contributed by atoms with Crippen molar-refractivity contribution in [3.63, 3.8) is 0 Å². The lowest BCUT2D eigenvalue weighted by molar-refractivity contribution is -0.125. The first kappa shape index (κ1) is 10.4. The number of aliphatic hydroxyl groups is 1. The van der Waals surface area contributed by atoms with E-state index in [1.165, 1.54) is 0 Å². The number of rotatable bonds is 4. The molecule has 2 rings (SSSR count). The molecular weight excluding hydrogens is 208 g/mol. The molecule has 0 bridgehead atoms. The van der Waals surface area contributed by atoms with Crippen LogP contribution in [0.25, 0.3) is 5.65 Å². The molecule has 0 radical (unpaired) electrons. The largest absolute Gasteiger partial charge is 0.381 e. The van der Waals surface area contributed by atoms with E-state index in [2.05, 4.69) is 10.3 Å². The second kappa shape index (κ2) is 4.19. The first-order valence-electron chi connectivity index (χ1n) is 4.82. The molecule has 0 aromatic carbocycles. The zero-order valence-electron chi connectivity index (χ0n) is 8.50. The number of imidazole rings is 1. The van der Waals surface area contributed by atoms with E-state index < -0.39 is 12.0 Å². The van der Waals surface area contributed by atoms with E-state index in [1.807, 2.05) is 22.6 Å². The molecule has 6 heteroatoms. The molecule has 2 aromatic heterocycles. The molecule has 84 valence electrons. The van der Waals surface area contributed by atoms with Crippen molar-refractivity contribution >= 4 is 17.4 Å². The minimum Gasteiger partial charge on any atom is -0.381 e. The predicted octanol–water partition coefficient (Wildman–Crippen LogP) is -0.408. The van der Waals surface area contributed by atoms with E-state index in [0.29, 0.717) is 0 Å². The maximum absolute atomic E-state index is 10.6. The SMILES string of the molecule is NC(=O)C(O)CNc1cccc2nccn12. The third-order valence-electron chi connectivity index (χ3n) is 2.23. The Labute approximate surface area is 91.7 Å². The lowest BCUT2D eigenvalue weighted by Crippen LogP contribution is -2.34. The van der Waals surface area contributed by atoms with Gasteiger partial charge < -0.3 is 16.2 Å². The summed E-state index contributed by atoms with van der Waals surface area (Å²) in [5, 5.41) is 12.2. The van der Waals surface area contributed by atoms with Gasteiger partial charge in [0.1, 0.15) is 17.6 Å². The van der Waals surface area contributed by atoms with Crippen LogP contribution in [0, 0.1) is 0 Å². The number of nitrogens with two attached hydrogens (primary N) is 1. The molecule has 0 fully saturated rings. The van der Waals surface area contributed by atoms with Crippen LogP contribution in [0.5, 0.6) is 0 Å². The lowest BCUT2D eigenvalue weighted by atomic mass is 10.3. The summed E-state index contributed by atoms with van der Waals surface area (Å²) >= 11 is 0. The molecule has 1 amide bonds. The first-order valence-corrected chi connectivity index (χ1v) is 4.82. The summed E-state index contributed by atoms with van der Waals surface area (Å²) in [6.07, 6.45) is 2.26. The van der Waals surface area contributed by atoms with Crippen molar-refractivity contribution in [1.82, 2.24) is 9.38 Å². The number of hydrogen-bond donors (Lipinski definition) is 3. The monoisotopic (exact) mass is 220 g/mol. The molecule has 0 aliphatic heterocycles. The Kier molecular flexibility index (Phi) is 2.74. The predicted molar refractivity (Wildman–Crippen MR) is 58.9 cm³/mol. The molecule has 2 aromatic rings. The zero-order valence-corrected chi connectivity index (χ0v) is 8.50. The fraction of sp³-hybridized carbons (Fsp3) is 0.200. The minimum atomic E-state index is -1.20. The number of hydrogen-bond acceptors (Lipinski definition) is 4. The molecule has 1 unspecified atom stereocenters. The van der Waals surface area contributed by atoms with Gasteiger partial charge in [-0.2, -0.15) is 0 Å².